The second-order valence-corrected chi connectivity index (χ2v) is 5.15. The molecular formula is C17H16O2. The molecule has 0 aliphatic carbocycles. The van der Waals surface area contributed by atoms with E-state index in [9.17, 15) is 4.79 Å². The fraction of sp³-hybridized carbons (Fsp3) is 0.235. The number of hydrogen-bond acceptors (Lipinski definition) is 2. The Morgan fingerprint density at radius 3 is 2.84 bits per heavy atom. The molecule has 3 rings (SSSR count). The summed E-state index contributed by atoms with van der Waals surface area (Å²) in [6.45, 7) is 4.15. The minimum atomic E-state index is 0.257. The molecule has 0 radical (unpaired) electrons. The van der Waals surface area contributed by atoms with Gasteiger partial charge in [0.05, 0.1) is 0 Å². The van der Waals surface area contributed by atoms with Crippen LogP contribution in [-0.2, 0) is 6.42 Å². The van der Waals surface area contributed by atoms with Crippen LogP contribution in [-0.4, -0.2) is 12.4 Å². The molecule has 0 saturated heterocycles. The van der Waals surface area contributed by atoms with Crippen molar-refractivity contribution in [2.45, 2.75) is 26.4 Å². The first-order valence-electron chi connectivity index (χ1n) is 6.53. The van der Waals surface area contributed by atoms with Gasteiger partial charge in [0, 0.05) is 12.0 Å². The standard InChI is InChI=1S/C17H16O2/c1-11-3-4-13(10-18)8-16(11)14-5-6-17-15(9-14)7-12(2)19-17/h3-6,8-10,12H,7H2,1-2H3. The van der Waals surface area contributed by atoms with Crippen LogP contribution in [0.5, 0.6) is 5.75 Å². The molecular weight excluding hydrogens is 236 g/mol. The Hall–Kier alpha value is -2.09. The molecule has 0 aromatic heterocycles. The molecule has 1 heterocycles. The van der Waals surface area contributed by atoms with Crippen LogP contribution < -0.4 is 4.74 Å². The van der Waals surface area contributed by atoms with Gasteiger partial charge in [-0.25, -0.2) is 0 Å². The summed E-state index contributed by atoms with van der Waals surface area (Å²) in [7, 11) is 0. The van der Waals surface area contributed by atoms with Crippen LogP contribution in [0.15, 0.2) is 36.4 Å². The molecule has 0 saturated carbocycles. The molecule has 1 aliphatic heterocycles. The van der Waals surface area contributed by atoms with Crippen LogP contribution in [0.1, 0.15) is 28.4 Å². The molecule has 0 amide bonds. The molecule has 2 heteroatoms. The maximum absolute atomic E-state index is 10.9. The predicted molar refractivity (Wildman–Crippen MR) is 75.8 cm³/mol. The third kappa shape index (κ3) is 2.14. The first-order valence-corrected chi connectivity index (χ1v) is 6.53. The second-order valence-electron chi connectivity index (χ2n) is 5.15. The van der Waals surface area contributed by atoms with Gasteiger partial charge >= 0.3 is 0 Å². The largest absolute Gasteiger partial charge is 0.490 e. The zero-order valence-electron chi connectivity index (χ0n) is 11.1. The van der Waals surface area contributed by atoms with Crippen LogP contribution in [0.3, 0.4) is 0 Å². The molecule has 0 fully saturated rings. The monoisotopic (exact) mass is 252 g/mol. The number of carbonyl (C=O) groups excluding carboxylic acids is 1. The Kier molecular flexibility index (Phi) is 2.86. The van der Waals surface area contributed by atoms with Gasteiger partial charge < -0.3 is 4.74 Å². The summed E-state index contributed by atoms with van der Waals surface area (Å²) in [6.07, 6.45) is 2.10. The number of benzene rings is 2. The summed E-state index contributed by atoms with van der Waals surface area (Å²) in [5.41, 5.74) is 5.41. The van der Waals surface area contributed by atoms with E-state index in [1.165, 1.54) is 11.1 Å². The van der Waals surface area contributed by atoms with Crippen molar-refractivity contribution in [1.29, 1.82) is 0 Å². The quantitative estimate of drug-likeness (QED) is 0.760. The van der Waals surface area contributed by atoms with E-state index in [-0.39, 0.29) is 6.10 Å². The van der Waals surface area contributed by atoms with Crippen LogP contribution in [0.2, 0.25) is 0 Å². The van der Waals surface area contributed by atoms with E-state index in [0.717, 1.165) is 29.6 Å². The maximum atomic E-state index is 10.9. The third-order valence-corrected chi connectivity index (χ3v) is 3.60. The van der Waals surface area contributed by atoms with E-state index in [4.69, 9.17) is 4.74 Å². The van der Waals surface area contributed by atoms with E-state index < -0.39 is 0 Å². The highest BCUT2D eigenvalue weighted by atomic mass is 16.5. The molecule has 0 spiro atoms. The molecule has 1 unspecified atom stereocenters. The average Bonchev–Trinajstić information content (AvgIpc) is 2.78. The SMILES string of the molecule is Cc1ccc(C=O)cc1-c1ccc2c(c1)CC(C)O2. The van der Waals surface area contributed by atoms with E-state index in [1.807, 2.05) is 24.3 Å². The van der Waals surface area contributed by atoms with E-state index in [1.54, 1.807) is 0 Å². The van der Waals surface area contributed by atoms with Gasteiger partial charge in [-0.15, -0.1) is 0 Å². The number of ether oxygens (including phenoxy) is 1. The fourth-order valence-electron chi connectivity index (χ4n) is 2.61. The summed E-state index contributed by atoms with van der Waals surface area (Å²) in [5, 5.41) is 0. The molecule has 0 bridgehead atoms. The lowest BCUT2D eigenvalue weighted by atomic mass is 9.96. The Morgan fingerprint density at radius 1 is 1.21 bits per heavy atom. The minimum absolute atomic E-state index is 0.257. The number of hydrogen-bond donors (Lipinski definition) is 0. The highest BCUT2D eigenvalue weighted by molar-refractivity contribution is 5.80. The van der Waals surface area contributed by atoms with Crippen LogP contribution in [0.4, 0.5) is 0 Å². The van der Waals surface area contributed by atoms with Crippen molar-refractivity contribution in [3.8, 4) is 16.9 Å². The summed E-state index contributed by atoms with van der Waals surface area (Å²) in [5.74, 6) is 0.987. The van der Waals surface area contributed by atoms with Gasteiger partial charge in [-0.1, -0.05) is 18.2 Å². The van der Waals surface area contributed by atoms with Gasteiger partial charge in [-0.05, 0) is 54.3 Å². The zero-order chi connectivity index (χ0) is 13.4. The van der Waals surface area contributed by atoms with E-state index in [2.05, 4.69) is 26.0 Å². The second kappa shape index (κ2) is 4.54. The Bertz CT molecular complexity index is 644. The third-order valence-electron chi connectivity index (χ3n) is 3.60. The lowest BCUT2D eigenvalue weighted by Gasteiger charge is -2.08. The molecule has 1 atom stereocenters. The Balaban J connectivity index is 2.08. The normalized spacial score (nSPS) is 16.8. The maximum Gasteiger partial charge on any atom is 0.150 e. The number of aldehydes is 1. The van der Waals surface area contributed by atoms with Crippen molar-refractivity contribution in [3.63, 3.8) is 0 Å². The van der Waals surface area contributed by atoms with E-state index in [0.29, 0.717) is 5.56 Å². The molecule has 2 aromatic rings. The van der Waals surface area contributed by atoms with Crippen LogP contribution in [0, 0.1) is 6.92 Å². The average molecular weight is 252 g/mol. The molecule has 96 valence electrons. The number of rotatable bonds is 2. The van der Waals surface area contributed by atoms with Gasteiger partial charge in [-0.3, -0.25) is 4.79 Å². The first kappa shape index (κ1) is 12.0. The highest BCUT2D eigenvalue weighted by Gasteiger charge is 2.19. The van der Waals surface area contributed by atoms with Gasteiger partial charge in [-0.2, -0.15) is 0 Å². The molecule has 2 nitrogen and oxygen atoms in total. The minimum Gasteiger partial charge on any atom is -0.490 e. The molecule has 19 heavy (non-hydrogen) atoms. The highest BCUT2D eigenvalue weighted by Crippen LogP contribution is 2.34. The van der Waals surface area contributed by atoms with Gasteiger partial charge in [0.2, 0.25) is 0 Å². The van der Waals surface area contributed by atoms with E-state index >= 15 is 0 Å². The smallest absolute Gasteiger partial charge is 0.150 e. The lowest BCUT2D eigenvalue weighted by molar-refractivity contribution is 0.112. The van der Waals surface area contributed by atoms with Crippen molar-refractivity contribution in [2.75, 3.05) is 0 Å². The van der Waals surface area contributed by atoms with Crippen LogP contribution >= 0.6 is 0 Å². The summed E-state index contributed by atoms with van der Waals surface area (Å²) < 4.78 is 5.72. The van der Waals surface area contributed by atoms with Crippen LogP contribution in [0.25, 0.3) is 11.1 Å². The summed E-state index contributed by atoms with van der Waals surface area (Å²) >= 11 is 0. The lowest BCUT2D eigenvalue weighted by Crippen LogP contribution is -2.05. The Morgan fingerprint density at radius 2 is 2.05 bits per heavy atom. The van der Waals surface area contributed by atoms with Crippen molar-refractivity contribution in [3.05, 3.63) is 53.1 Å². The van der Waals surface area contributed by atoms with Crippen molar-refractivity contribution in [1.82, 2.24) is 0 Å². The first-order chi connectivity index (χ1) is 9.17. The number of fused-ring (bicyclic) bond motifs is 1. The summed E-state index contributed by atoms with van der Waals surface area (Å²) in [4.78, 5) is 10.9. The predicted octanol–water partition coefficient (Wildman–Crippen LogP) is 3.80. The van der Waals surface area contributed by atoms with Crippen molar-refractivity contribution >= 4 is 6.29 Å². The number of carbonyl (C=O) groups is 1. The van der Waals surface area contributed by atoms with Gasteiger partial charge in [0.15, 0.2) is 0 Å². The van der Waals surface area contributed by atoms with Crippen molar-refractivity contribution in [2.24, 2.45) is 0 Å². The van der Waals surface area contributed by atoms with Gasteiger partial charge in [0.1, 0.15) is 18.1 Å². The zero-order valence-corrected chi connectivity index (χ0v) is 11.1. The van der Waals surface area contributed by atoms with Gasteiger partial charge in [0.25, 0.3) is 0 Å². The Labute approximate surface area is 113 Å². The summed E-state index contributed by atoms with van der Waals surface area (Å²) in [6, 6.07) is 12.1. The number of aryl methyl sites for hydroxylation is 1. The topological polar surface area (TPSA) is 26.3 Å². The molecule has 1 aliphatic rings. The fourth-order valence-corrected chi connectivity index (χ4v) is 2.61. The van der Waals surface area contributed by atoms with Crippen molar-refractivity contribution < 1.29 is 9.53 Å². The molecule has 2 aromatic carbocycles. The molecule has 0 N–H and O–H groups in total.